The Kier molecular flexibility index (Phi) is 6.58. The zero-order valence-corrected chi connectivity index (χ0v) is 32.6. The molecule has 2 heterocycles. The Bertz CT molecular complexity index is 3010. The van der Waals surface area contributed by atoms with Crippen LogP contribution in [-0.4, -0.2) is 10.6 Å². The molecule has 1 spiro atoms. The van der Waals surface area contributed by atoms with Crippen LogP contribution < -0.4 is 14.7 Å². The van der Waals surface area contributed by atoms with Gasteiger partial charge in [-0.05, 0) is 138 Å². The molecule has 4 bridgehead atoms. The highest BCUT2D eigenvalue weighted by Gasteiger charge is 2.62. The molecule has 4 fully saturated rings. The van der Waals surface area contributed by atoms with E-state index in [1.165, 1.54) is 102 Å². The second kappa shape index (κ2) is 11.6. The molecule has 3 heteroatoms. The molecule has 6 aromatic carbocycles. The fraction of sp³-hybridized carbons (Fsp3) is 0.245. The lowest BCUT2D eigenvalue weighted by Gasteiger charge is -2.61. The summed E-state index contributed by atoms with van der Waals surface area (Å²) in [6.07, 6.45) is 12.2. The van der Waals surface area contributed by atoms with Gasteiger partial charge >= 0.3 is 0 Å². The lowest BCUT2D eigenvalue weighted by molar-refractivity contribution is -0.0399. The number of thiophene rings is 1. The molecule has 2 nitrogen and oxygen atoms in total. The molecule has 0 N–H and O–H groups in total. The predicted octanol–water partition coefficient (Wildman–Crippen LogP) is 12.1. The third kappa shape index (κ3) is 4.17. The van der Waals surface area contributed by atoms with Gasteiger partial charge in [0.05, 0.1) is 17.1 Å². The first-order chi connectivity index (χ1) is 27.6. The van der Waals surface area contributed by atoms with Crippen LogP contribution in [0.4, 0.5) is 11.4 Å². The number of hydrogen-bond donors (Lipinski definition) is 0. The third-order valence-electron chi connectivity index (χ3n) is 15.0. The molecule has 0 aliphatic heterocycles. The van der Waals surface area contributed by atoms with Gasteiger partial charge in [0.25, 0.3) is 0 Å². The van der Waals surface area contributed by atoms with Gasteiger partial charge in [0.2, 0.25) is 0 Å². The maximum atomic E-state index is 2.76. The second-order valence-electron chi connectivity index (χ2n) is 17.7. The Hall–Kier alpha value is -5.38. The molecule has 2 aromatic heterocycles. The number of fused-ring (bicyclic) bond motifs is 9. The second-order valence-corrected chi connectivity index (χ2v) is 18.8. The van der Waals surface area contributed by atoms with E-state index in [-0.39, 0.29) is 11.5 Å². The minimum Gasteiger partial charge on any atom is -0.333 e. The van der Waals surface area contributed by atoms with Crippen molar-refractivity contribution in [2.24, 2.45) is 29.6 Å². The summed E-state index contributed by atoms with van der Waals surface area (Å²) in [6.45, 7) is 2.44. The van der Waals surface area contributed by atoms with Crippen molar-refractivity contribution in [1.82, 2.24) is 4.57 Å². The minimum absolute atomic E-state index is 0.122. The van der Waals surface area contributed by atoms with E-state index in [4.69, 9.17) is 0 Å². The predicted molar refractivity (Wildman–Crippen MR) is 236 cm³/mol. The van der Waals surface area contributed by atoms with E-state index in [0.29, 0.717) is 5.92 Å². The van der Waals surface area contributed by atoms with Crippen molar-refractivity contribution < 1.29 is 0 Å². The Morgan fingerprint density at radius 1 is 0.607 bits per heavy atom. The van der Waals surface area contributed by atoms with Crippen molar-refractivity contribution in [3.05, 3.63) is 160 Å². The van der Waals surface area contributed by atoms with Crippen molar-refractivity contribution >= 4 is 66.8 Å². The molecule has 2 unspecified atom stereocenters. The van der Waals surface area contributed by atoms with Crippen LogP contribution in [0.5, 0.6) is 0 Å². The summed E-state index contributed by atoms with van der Waals surface area (Å²) < 4.78 is 5.24. The SMILES string of the molecule is CC1C=c2c(sc3ccccc23)=CC1N(c1ccc2c3ccccc3n(-c3ccccc3)c2c1)c1cccc2c1-c1ccccc1C21C2CC3CC(C2)CC1C3. The molecule has 4 saturated carbocycles. The van der Waals surface area contributed by atoms with Crippen LogP contribution in [0.3, 0.4) is 0 Å². The zero-order chi connectivity index (χ0) is 36.7. The summed E-state index contributed by atoms with van der Waals surface area (Å²) in [5, 5.41) is 5.38. The third-order valence-corrected chi connectivity index (χ3v) is 16.2. The highest BCUT2D eigenvalue weighted by Crippen LogP contribution is 2.70. The van der Waals surface area contributed by atoms with Gasteiger partial charge in [-0.3, -0.25) is 0 Å². The fourth-order valence-electron chi connectivity index (χ4n) is 13.2. The minimum atomic E-state index is 0.122. The first kappa shape index (κ1) is 31.8. The normalized spacial score (nSPS) is 26.7. The summed E-state index contributed by atoms with van der Waals surface area (Å²) >= 11 is 1.95. The van der Waals surface area contributed by atoms with Gasteiger partial charge in [-0.15, -0.1) is 11.3 Å². The molecular weight excluding hydrogens is 697 g/mol. The van der Waals surface area contributed by atoms with Crippen LogP contribution in [0.15, 0.2) is 140 Å². The summed E-state index contributed by atoms with van der Waals surface area (Å²) in [6, 6.07) is 53.4. The van der Waals surface area contributed by atoms with Crippen molar-refractivity contribution in [2.45, 2.75) is 50.5 Å². The lowest BCUT2D eigenvalue weighted by Crippen LogP contribution is -2.55. The van der Waals surface area contributed by atoms with Crippen LogP contribution in [0.25, 0.3) is 60.9 Å². The molecule has 6 aliphatic carbocycles. The molecule has 0 saturated heterocycles. The van der Waals surface area contributed by atoms with Crippen LogP contribution in [0, 0.1) is 29.6 Å². The largest absolute Gasteiger partial charge is 0.333 e. The molecule has 6 aliphatic rings. The number of rotatable bonds is 4. The van der Waals surface area contributed by atoms with Gasteiger partial charge in [-0.25, -0.2) is 0 Å². The number of aromatic nitrogens is 1. The lowest BCUT2D eigenvalue weighted by atomic mass is 9.43. The first-order valence-corrected chi connectivity index (χ1v) is 21.8. The molecular formula is C53H44N2S. The Labute approximate surface area is 332 Å². The smallest absolute Gasteiger partial charge is 0.0599 e. The molecule has 2 atom stereocenters. The van der Waals surface area contributed by atoms with E-state index in [0.717, 1.165) is 23.7 Å². The maximum absolute atomic E-state index is 2.76. The summed E-state index contributed by atoms with van der Waals surface area (Å²) in [4.78, 5) is 2.76. The van der Waals surface area contributed by atoms with Gasteiger partial charge in [-0.2, -0.15) is 0 Å². The summed E-state index contributed by atoms with van der Waals surface area (Å²) in [7, 11) is 0. The standard InChI is InChI=1S/C53H44N2S/c1-32-24-43-41-15-7-10-21-50(41)56-51(43)31-48(32)55(38-22-23-40-39-14-6-9-19-46(39)54(49(40)30-38)37-12-3-2-4-13-37)47-20-11-18-45-52(47)42-16-5-8-17-44(42)53(45)35-26-33-25-34(28-35)29-36(53)27-33/h2-24,30-36,48H,25-29H2,1H3. The highest BCUT2D eigenvalue weighted by molar-refractivity contribution is 7.17. The molecule has 272 valence electrons. The average molecular weight is 741 g/mol. The molecule has 14 rings (SSSR count). The van der Waals surface area contributed by atoms with Gasteiger partial charge in [-0.1, -0.05) is 110 Å². The van der Waals surface area contributed by atoms with Gasteiger partial charge in [0, 0.05) is 48.0 Å². The van der Waals surface area contributed by atoms with Crippen molar-refractivity contribution in [2.75, 3.05) is 4.90 Å². The summed E-state index contributed by atoms with van der Waals surface area (Å²) in [5.74, 6) is 3.60. The van der Waals surface area contributed by atoms with Crippen LogP contribution in [-0.2, 0) is 5.41 Å². The van der Waals surface area contributed by atoms with Crippen LogP contribution >= 0.6 is 11.3 Å². The Morgan fingerprint density at radius 2 is 1.30 bits per heavy atom. The van der Waals surface area contributed by atoms with Crippen molar-refractivity contribution in [3.63, 3.8) is 0 Å². The summed E-state index contributed by atoms with van der Waals surface area (Å²) in [5.41, 5.74) is 12.6. The van der Waals surface area contributed by atoms with E-state index >= 15 is 0 Å². The molecule has 0 radical (unpaired) electrons. The first-order valence-electron chi connectivity index (χ1n) is 21.0. The molecule has 0 amide bonds. The number of hydrogen-bond acceptors (Lipinski definition) is 2. The Morgan fingerprint density at radius 3 is 2.14 bits per heavy atom. The number of benzene rings is 6. The number of nitrogens with zero attached hydrogens (tertiary/aromatic N) is 2. The van der Waals surface area contributed by atoms with Gasteiger partial charge in [0.15, 0.2) is 0 Å². The van der Waals surface area contributed by atoms with Gasteiger partial charge in [0.1, 0.15) is 0 Å². The fourth-order valence-corrected chi connectivity index (χ4v) is 14.3. The molecule has 56 heavy (non-hydrogen) atoms. The average Bonchev–Trinajstić information content (AvgIpc) is 3.86. The van der Waals surface area contributed by atoms with Crippen LogP contribution in [0.2, 0.25) is 0 Å². The number of para-hydroxylation sites is 2. The topological polar surface area (TPSA) is 8.17 Å². The Balaban J connectivity index is 1.09. The molecule has 8 aromatic rings. The van der Waals surface area contributed by atoms with E-state index in [1.807, 2.05) is 11.3 Å². The van der Waals surface area contributed by atoms with E-state index < -0.39 is 0 Å². The van der Waals surface area contributed by atoms with Crippen molar-refractivity contribution in [1.29, 1.82) is 0 Å². The highest BCUT2D eigenvalue weighted by atomic mass is 32.1. The maximum Gasteiger partial charge on any atom is 0.0599 e. The van der Waals surface area contributed by atoms with Gasteiger partial charge < -0.3 is 9.47 Å². The van der Waals surface area contributed by atoms with Crippen molar-refractivity contribution in [3.8, 4) is 16.8 Å². The quantitative estimate of drug-likeness (QED) is 0.174. The van der Waals surface area contributed by atoms with Crippen LogP contribution in [0.1, 0.15) is 50.2 Å². The van der Waals surface area contributed by atoms with E-state index in [2.05, 4.69) is 168 Å². The number of anilines is 2. The van der Waals surface area contributed by atoms with E-state index in [9.17, 15) is 0 Å². The monoisotopic (exact) mass is 740 g/mol. The van der Waals surface area contributed by atoms with E-state index in [1.54, 1.807) is 11.1 Å². The zero-order valence-electron chi connectivity index (χ0n) is 31.7.